The van der Waals surface area contributed by atoms with E-state index in [4.69, 9.17) is 16.9 Å². The minimum atomic E-state index is -0.118. The van der Waals surface area contributed by atoms with E-state index in [1.807, 2.05) is 16.8 Å². The number of amides is 1. The van der Waals surface area contributed by atoms with Gasteiger partial charge in [0.1, 0.15) is 5.88 Å². The standard InChI is InChI=1S/C11H15ClN4O/c12-9-11(17)16(6-1-3-13)7-2-5-15-8-4-14-10-15/h4,8,10H,1-2,5-7,9H2. The Kier molecular flexibility index (Phi) is 6.12. The zero-order chi connectivity index (χ0) is 12.5. The van der Waals surface area contributed by atoms with Crippen molar-refractivity contribution in [2.24, 2.45) is 0 Å². The first kappa shape index (κ1) is 13.5. The summed E-state index contributed by atoms with van der Waals surface area (Å²) in [6.45, 7) is 1.87. The van der Waals surface area contributed by atoms with Gasteiger partial charge in [-0.25, -0.2) is 4.98 Å². The predicted octanol–water partition coefficient (Wildman–Crippen LogP) is 1.25. The number of rotatable bonds is 7. The van der Waals surface area contributed by atoms with Gasteiger partial charge in [-0.05, 0) is 6.42 Å². The molecule has 0 fully saturated rings. The molecule has 0 unspecified atom stereocenters. The first-order valence-corrected chi connectivity index (χ1v) is 5.98. The number of nitriles is 1. The van der Waals surface area contributed by atoms with Gasteiger partial charge in [0.25, 0.3) is 0 Å². The molecule has 1 rings (SSSR count). The van der Waals surface area contributed by atoms with Crippen LogP contribution in [0.25, 0.3) is 0 Å². The van der Waals surface area contributed by atoms with Crippen LogP contribution < -0.4 is 0 Å². The maximum Gasteiger partial charge on any atom is 0.237 e. The predicted molar refractivity (Wildman–Crippen MR) is 64.4 cm³/mol. The fourth-order valence-corrected chi connectivity index (χ4v) is 1.66. The molecule has 0 atom stereocenters. The highest BCUT2D eigenvalue weighted by molar-refractivity contribution is 6.27. The van der Waals surface area contributed by atoms with Crippen LogP contribution in [-0.4, -0.2) is 39.3 Å². The Hall–Kier alpha value is -1.54. The molecule has 0 bridgehead atoms. The van der Waals surface area contributed by atoms with Gasteiger partial charge in [0.15, 0.2) is 0 Å². The van der Waals surface area contributed by atoms with Gasteiger partial charge in [-0.1, -0.05) is 0 Å². The number of alkyl halides is 1. The minimum absolute atomic E-state index is 0.0312. The lowest BCUT2D eigenvalue weighted by Gasteiger charge is -2.20. The number of carbonyl (C=O) groups is 1. The van der Waals surface area contributed by atoms with Crippen LogP contribution in [0.4, 0.5) is 0 Å². The molecule has 0 aliphatic heterocycles. The van der Waals surface area contributed by atoms with Crippen molar-refractivity contribution in [1.82, 2.24) is 14.5 Å². The lowest BCUT2D eigenvalue weighted by molar-refractivity contribution is -0.128. The topological polar surface area (TPSA) is 61.9 Å². The lowest BCUT2D eigenvalue weighted by atomic mass is 10.3. The van der Waals surface area contributed by atoms with Crippen LogP contribution in [0.3, 0.4) is 0 Å². The van der Waals surface area contributed by atoms with Crippen molar-refractivity contribution in [3.63, 3.8) is 0 Å². The van der Waals surface area contributed by atoms with Crippen LogP contribution in [0.1, 0.15) is 12.8 Å². The average molecular weight is 255 g/mol. The van der Waals surface area contributed by atoms with Crippen LogP contribution in [0, 0.1) is 11.3 Å². The Morgan fingerprint density at radius 2 is 2.35 bits per heavy atom. The van der Waals surface area contributed by atoms with Gasteiger partial charge >= 0.3 is 0 Å². The Labute approximate surface area is 106 Å². The second-order valence-corrected chi connectivity index (χ2v) is 3.84. The molecule has 6 heteroatoms. The number of halogens is 1. The molecule has 1 aromatic heterocycles. The highest BCUT2D eigenvalue weighted by Gasteiger charge is 2.11. The molecule has 0 radical (unpaired) electrons. The Balaban J connectivity index is 2.33. The molecular formula is C11H15ClN4O. The van der Waals surface area contributed by atoms with Gasteiger partial charge in [0, 0.05) is 32.0 Å². The number of aromatic nitrogens is 2. The number of nitrogens with zero attached hydrogens (tertiary/aromatic N) is 4. The van der Waals surface area contributed by atoms with E-state index < -0.39 is 0 Å². The molecule has 0 N–H and O–H groups in total. The van der Waals surface area contributed by atoms with Gasteiger partial charge < -0.3 is 9.47 Å². The molecule has 0 aliphatic rings. The molecule has 0 aliphatic carbocycles. The molecule has 92 valence electrons. The van der Waals surface area contributed by atoms with Crippen LogP contribution in [-0.2, 0) is 11.3 Å². The summed E-state index contributed by atoms with van der Waals surface area (Å²) in [5.41, 5.74) is 0. The third-order valence-electron chi connectivity index (χ3n) is 2.36. The van der Waals surface area contributed by atoms with E-state index in [0.29, 0.717) is 19.5 Å². The van der Waals surface area contributed by atoms with Crippen molar-refractivity contribution in [2.75, 3.05) is 19.0 Å². The summed E-state index contributed by atoms with van der Waals surface area (Å²) in [4.78, 5) is 17.0. The van der Waals surface area contributed by atoms with Crippen LogP contribution in [0.5, 0.6) is 0 Å². The van der Waals surface area contributed by atoms with Crippen molar-refractivity contribution >= 4 is 17.5 Å². The molecule has 1 amide bonds. The highest BCUT2D eigenvalue weighted by Crippen LogP contribution is 1.99. The summed E-state index contributed by atoms with van der Waals surface area (Å²) in [6.07, 6.45) is 6.50. The minimum Gasteiger partial charge on any atom is -0.341 e. The van der Waals surface area contributed by atoms with Gasteiger partial charge in [-0.15, -0.1) is 11.6 Å². The molecule has 0 aromatic carbocycles. The van der Waals surface area contributed by atoms with Gasteiger partial charge in [0.05, 0.1) is 18.8 Å². The summed E-state index contributed by atoms with van der Waals surface area (Å²) in [6, 6.07) is 2.03. The second kappa shape index (κ2) is 7.69. The number of hydrogen-bond acceptors (Lipinski definition) is 3. The summed E-state index contributed by atoms with van der Waals surface area (Å²) < 4.78 is 1.95. The summed E-state index contributed by atoms with van der Waals surface area (Å²) >= 11 is 5.51. The van der Waals surface area contributed by atoms with E-state index in [2.05, 4.69) is 4.98 Å². The van der Waals surface area contributed by atoms with Crippen molar-refractivity contribution in [1.29, 1.82) is 5.26 Å². The fourth-order valence-electron chi connectivity index (χ4n) is 1.49. The summed E-state index contributed by atoms with van der Waals surface area (Å²) in [5.74, 6) is -0.149. The number of aryl methyl sites for hydroxylation is 1. The largest absolute Gasteiger partial charge is 0.341 e. The van der Waals surface area contributed by atoms with Crippen molar-refractivity contribution in [3.05, 3.63) is 18.7 Å². The quantitative estimate of drug-likeness (QED) is 0.688. The molecule has 1 aromatic rings. The maximum atomic E-state index is 11.5. The first-order chi connectivity index (χ1) is 8.27. The van der Waals surface area contributed by atoms with Crippen molar-refractivity contribution < 1.29 is 4.79 Å². The Morgan fingerprint density at radius 1 is 1.53 bits per heavy atom. The summed E-state index contributed by atoms with van der Waals surface area (Å²) in [7, 11) is 0. The Bertz CT molecular complexity index is 371. The van der Waals surface area contributed by atoms with E-state index in [9.17, 15) is 4.79 Å². The normalized spacial score (nSPS) is 9.88. The van der Waals surface area contributed by atoms with Gasteiger partial charge in [0.2, 0.25) is 5.91 Å². The first-order valence-electron chi connectivity index (χ1n) is 5.44. The van der Waals surface area contributed by atoms with E-state index in [0.717, 1.165) is 13.0 Å². The maximum absolute atomic E-state index is 11.5. The molecule has 17 heavy (non-hydrogen) atoms. The molecule has 0 saturated carbocycles. The van der Waals surface area contributed by atoms with Crippen LogP contribution >= 0.6 is 11.6 Å². The molecule has 1 heterocycles. The summed E-state index contributed by atoms with van der Waals surface area (Å²) in [5, 5.41) is 8.51. The number of carbonyl (C=O) groups excluding carboxylic acids is 1. The SMILES string of the molecule is N#CCCN(CCCn1ccnc1)C(=O)CCl. The fraction of sp³-hybridized carbons (Fsp3) is 0.545. The zero-order valence-electron chi connectivity index (χ0n) is 9.55. The Morgan fingerprint density at radius 3 is 2.94 bits per heavy atom. The number of imidazole rings is 1. The van der Waals surface area contributed by atoms with Gasteiger partial charge in [-0.3, -0.25) is 4.79 Å². The van der Waals surface area contributed by atoms with E-state index >= 15 is 0 Å². The van der Waals surface area contributed by atoms with E-state index in [1.54, 1.807) is 17.4 Å². The van der Waals surface area contributed by atoms with Crippen molar-refractivity contribution in [2.45, 2.75) is 19.4 Å². The third-order valence-corrected chi connectivity index (χ3v) is 2.59. The molecule has 5 nitrogen and oxygen atoms in total. The molecule has 0 saturated heterocycles. The number of hydrogen-bond donors (Lipinski definition) is 0. The third kappa shape index (κ3) is 4.87. The molecular weight excluding hydrogens is 240 g/mol. The average Bonchev–Trinajstić information content (AvgIpc) is 2.85. The van der Waals surface area contributed by atoms with Gasteiger partial charge in [-0.2, -0.15) is 5.26 Å². The van der Waals surface area contributed by atoms with E-state index in [1.165, 1.54) is 0 Å². The smallest absolute Gasteiger partial charge is 0.237 e. The zero-order valence-corrected chi connectivity index (χ0v) is 10.3. The van der Waals surface area contributed by atoms with Crippen LogP contribution in [0.15, 0.2) is 18.7 Å². The highest BCUT2D eigenvalue weighted by atomic mass is 35.5. The van der Waals surface area contributed by atoms with E-state index in [-0.39, 0.29) is 11.8 Å². The lowest BCUT2D eigenvalue weighted by Crippen LogP contribution is -2.34. The van der Waals surface area contributed by atoms with Crippen LogP contribution in [0.2, 0.25) is 0 Å². The monoisotopic (exact) mass is 254 g/mol. The second-order valence-electron chi connectivity index (χ2n) is 3.58. The van der Waals surface area contributed by atoms with Crippen molar-refractivity contribution in [3.8, 4) is 6.07 Å². The molecule has 0 spiro atoms.